The van der Waals surface area contributed by atoms with Gasteiger partial charge in [0.15, 0.2) is 0 Å². The quantitative estimate of drug-likeness (QED) is 0.354. The van der Waals surface area contributed by atoms with Crippen LogP contribution in [0.25, 0.3) is 22.2 Å². The van der Waals surface area contributed by atoms with Gasteiger partial charge in [-0.25, -0.2) is 23.1 Å². The summed E-state index contributed by atoms with van der Waals surface area (Å²) in [5.41, 5.74) is 10.2. The van der Waals surface area contributed by atoms with Crippen molar-refractivity contribution < 1.29 is 8.42 Å². The second-order valence-corrected chi connectivity index (χ2v) is 12.8. The summed E-state index contributed by atoms with van der Waals surface area (Å²) >= 11 is 0. The number of nitrogens with zero attached hydrogens (tertiary/aromatic N) is 5. The van der Waals surface area contributed by atoms with Crippen molar-refractivity contribution in [3.05, 3.63) is 72.7 Å². The van der Waals surface area contributed by atoms with Gasteiger partial charge in [-0.05, 0) is 56.0 Å². The van der Waals surface area contributed by atoms with Crippen LogP contribution in [0, 0.1) is 0 Å². The van der Waals surface area contributed by atoms with Gasteiger partial charge < -0.3 is 15.2 Å². The Morgan fingerprint density at radius 2 is 1.57 bits per heavy atom. The number of nitrogens with one attached hydrogen (secondary N) is 1. The van der Waals surface area contributed by atoms with Gasteiger partial charge in [0.05, 0.1) is 10.3 Å². The van der Waals surface area contributed by atoms with Crippen molar-refractivity contribution in [2.24, 2.45) is 0 Å². The lowest BCUT2D eigenvalue weighted by atomic mass is 9.89. The van der Waals surface area contributed by atoms with Crippen molar-refractivity contribution in [1.82, 2.24) is 29.1 Å². The first kappa shape index (κ1) is 26.9. The van der Waals surface area contributed by atoms with Crippen LogP contribution in [-0.4, -0.2) is 72.0 Å². The van der Waals surface area contributed by atoms with Crippen LogP contribution < -0.4 is 10.5 Å². The van der Waals surface area contributed by atoms with Crippen molar-refractivity contribution in [3.63, 3.8) is 0 Å². The molecule has 3 N–H and O–H groups in total. The summed E-state index contributed by atoms with van der Waals surface area (Å²) in [4.78, 5) is 14.3. The van der Waals surface area contributed by atoms with Gasteiger partial charge in [0, 0.05) is 56.6 Å². The Balaban J connectivity index is 1.19. The first-order valence-corrected chi connectivity index (χ1v) is 15.5. The number of nitrogen functional groups attached to an aromatic ring is 1. The predicted molar refractivity (Wildman–Crippen MR) is 158 cm³/mol. The average Bonchev–Trinajstić information content (AvgIpc) is 3.38. The summed E-state index contributed by atoms with van der Waals surface area (Å²) in [7, 11) is -1.36. The van der Waals surface area contributed by atoms with E-state index in [2.05, 4.69) is 42.3 Å². The number of nitrogens with two attached hydrogens (primary N) is 1. The van der Waals surface area contributed by atoms with Crippen LogP contribution in [0.15, 0.2) is 72.0 Å². The van der Waals surface area contributed by atoms with Crippen LogP contribution in [0.3, 0.4) is 0 Å². The van der Waals surface area contributed by atoms with Crippen molar-refractivity contribution in [1.29, 1.82) is 0 Å². The topological polar surface area (TPSA) is 109 Å². The van der Waals surface area contributed by atoms with Gasteiger partial charge in [-0.1, -0.05) is 42.5 Å². The molecule has 2 aromatic carbocycles. The molecule has 0 amide bonds. The third-order valence-corrected chi connectivity index (χ3v) is 9.95. The highest BCUT2D eigenvalue weighted by atomic mass is 32.2. The zero-order valence-electron chi connectivity index (χ0n) is 22.9. The number of rotatable bonds is 7. The molecule has 9 nitrogen and oxygen atoms in total. The van der Waals surface area contributed by atoms with E-state index in [1.807, 2.05) is 24.3 Å². The largest absolute Gasteiger partial charge is 0.383 e. The molecule has 4 aromatic rings. The summed E-state index contributed by atoms with van der Waals surface area (Å²) in [6.07, 6.45) is 8.35. The molecule has 0 spiro atoms. The number of sulfonamides is 1. The molecular formula is C30H37N7O2S. The summed E-state index contributed by atoms with van der Waals surface area (Å²) < 4.78 is 30.2. The number of aromatic nitrogens is 3. The minimum atomic E-state index is -3.57. The van der Waals surface area contributed by atoms with Crippen LogP contribution in [-0.2, 0) is 16.6 Å². The Morgan fingerprint density at radius 3 is 2.27 bits per heavy atom. The summed E-state index contributed by atoms with van der Waals surface area (Å²) in [5, 5.41) is 0.876. The maximum Gasteiger partial charge on any atom is 0.240 e. The van der Waals surface area contributed by atoms with Crippen LogP contribution in [0.2, 0.25) is 0 Å². The predicted octanol–water partition coefficient (Wildman–Crippen LogP) is 3.89. The fourth-order valence-corrected chi connectivity index (χ4v) is 7.20. The van der Waals surface area contributed by atoms with Crippen molar-refractivity contribution in [2.45, 2.75) is 49.2 Å². The molecule has 0 unspecified atom stereocenters. The molecule has 0 atom stereocenters. The molecule has 2 aliphatic rings. The second kappa shape index (κ2) is 11.3. The molecule has 0 bridgehead atoms. The van der Waals surface area contributed by atoms with Gasteiger partial charge in [0.1, 0.15) is 17.8 Å². The van der Waals surface area contributed by atoms with Crippen molar-refractivity contribution in [2.75, 3.05) is 39.0 Å². The molecule has 1 saturated heterocycles. The van der Waals surface area contributed by atoms with E-state index in [-0.39, 0.29) is 11.4 Å². The smallest absolute Gasteiger partial charge is 0.240 e. The molecule has 0 radical (unpaired) electrons. The van der Waals surface area contributed by atoms with Crippen LogP contribution in [0.5, 0.6) is 0 Å². The fraction of sp³-hybridized carbons (Fsp3) is 0.400. The third-order valence-electron chi connectivity index (χ3n) is 8.54. The lowest BCUT2D eigenvalue weighted by Crippen LogP contribution is -2.49. The summed E-state index contributed by atoms with van der Waals surface area (Å²) in [6, 6.07) is 17.4. The van der Waals surface area contributed by atoms with Gasteiger partial charge in [-0.15, -0.1) is 0 Å². The summed E-state index contributed by atoms with van der Waals surface area (Å²) in [5.74, 6) is 0.476. The molecule has 2 fully saturated rings. The zero-order chi connectivity index (χ0) is 27.7. The minimum Gasteiger partial charge on any atom is -0.383 e. The number of anilines is 1. The van der Waals surface area contributed by atoms with Gasteiger partial charge >= 0.3 is 0 Å². The molecular weight excluding hydrogens is 522 g/mol. The Hall–Kier alpha value is -3.31. The van der Waals surface area contributed by atoms with Crippen molar-refractivity contribution >= 4 is 26.9 Å². The molecule has 1 saturated carbocycles. The first-order valence-electron chi connectivity index (χ1n) is 14.1. The monoisotopic (exact) mass is 559 g/mol. The van der Waals surface area contributed by atoms with E-state index in [4.69, 9.17) is 5.73 Å². The number of benzene rings is 2. The Bertz CT molecular complexity index is 1560. The van der Waals surface area contributed by atoms with E-state index in [0.29, 0.717) is 17.9 Å². The minimum absolute atomic E-state index is 0.209. The van der Waals surface area contributed by atoms with Crippen LogP contribution >= 0.6 is 0 Å². The second-order valence-electron chi connectivity index (χ2n) is 11.0. The van der Waals surface area contributed by atoms with Gasteiger partial charge in [0.2, 0.25) is 10.0 Å². The number of fused-ring (bicyclic) bond motifs is 1. The highest BCUT2D eigenvalue weighted by Crippen LogP contribution is 2.39. The van der Waals surface area contributed by atoms with Gasteiger partial charge in [0.25, 0.3) is 0 Å². The SMILES string of the molecule is CN1CCN(C2CCC(n3cc(-c4ccc(CNS(=O)(=O)c5ccccc5)cc4)c4c(N)ncnc43)CC2)CC1. The number of piperazine rings is 1. The van der Waals surface area contributed by atoms with Crippen LogP contribution in [0.1, 0.15) is 37.3 Å². The first-order chi connectivity index (χ1) is 19.4. The molecule has 10 heteroatoms. The molecule has 6 rings (SSSR count). The normalized spacial score (nSPS) is 21.1. The van der Waals surface area contributed by atoms with E-state index >= 15 is 0 Å². The maximum atomic E-state index is 12.6. The standard InChI is InChI=1S/C30H37N7O2S/c1-35-15-17-36(18-16-35)24-11-13-25(14-12-24)37-20-27(28-29(31)32-21-33-30(28)37)23-9-7-22(8-10-23)19-34-40(38,39)26-5-3-2-4-6-26/h2-10,20-21,24-25,34H,11-19H2,1H3,(H2,31,32,33). The van der Waals surface area contributed by atoms with Gasteiger partial charge in [-0.3, -0.25) is 4.90 Å². The molecule has 3 heterocycles. The fourth-order valence-electron chi connectivity index (χ4n) is 6.16. The Labute approximate surface area is 236 Å². The average molecular weight is 560 g/mol. The lowest BCUT2D eigenvalue weighted by molar-refractivity contribution is 0.0828. The number of likely N-dealkylation sites (N-methyl/N-ethyl adjacent to an activating group) is 1. The van der Waals surface area contributed by atoms with Crippen LogP contribution in [0.4, 0.5) is 5.82 Å². The van der Waals surface area contributed by atoms with Crippen molar-refractivity contribution in [3.8, 4) is 11.1 Å². The van der Waals surface area contributed by atoms with E-state index in [0.717, 1.165) is 66.7 Å². The maximum absolute atomic E-state index is 12.6. The lowest BCUT2D eigenvalue weighted by Gasteiger charge is -2.41. The summed E-state index contributed by atoms with van der Waals surface area (Å²) in [6.45, 7) is 4.84. The molecule has 2 aromatic heterocycles. The molecule has 210 valence electrons. The van der Waals surface area contributed by atoms with E-state index in [9.17, 15) is 8.42 Å². The third kappa shape index (κ3) is 5.49. The Kier molecular flexibility index (Phi) is 7.59. The number of hydrogen-bond acceptors (Lipinski definition) is 7. The van der Waals surface area contributed by atoms with E-state index in [1.54, 1.807) is 36.7 Å². The van der Waals surface area contributed by atoms with E-state index < -0.39 is 10.0 Å². The molecule has 1 aliphatic heterocycles. The van der Waals surface area contributed by atoms with Gasteiger partial charge in [-0.2, -0.15) is 0 Å². The zero-order valence-corrected chi connectivity index (χ0v) is 23.7. The molecule has 1 aliphatic carbocycles. The Morgan fingerprint density at radius 1 is 0.900 bits per heavy atom. The highest BCUT2D eigenvalue weighted by molar-refractivity contribution is 7.89. The molecule has 40 heavy (non-hydrogen) atoms. The highest BCUT2D eigenvalue weighted by Gasteiger charge is 2.30. The van der Waals surface area contributed by atoms with E-state index in [1.165, 1.54) is 12.8 Å². The number of hydrogen-bond donors (Lipinski definition) is 2.